The lowest BCUT2D eigenvalue weighted by Crippen LogP contribution is -2.05. The number of hydrogen-bond donors (Lipinski definition) is 1. The number of rotatable bonds is 7. The lowest BCUT2D eigenvalue weighted by molar-refractivity contribution is 0.0976. The fourth-order valence-corrected chi connectivity index (χ4v) is 1.60. The fourth-order valence-electron chi connectivity index (χ4n) is 1.60. The molecule has 0 bridgehead atoms. The summed E-state index contributed by atoms with van der Waals surface area (Å²) in [6, 6.07) is 5.23. The highest BCUT2D eigenvalue weighted by molar-refractivity contribution is 5.99. The predicted octanol–water partition coefficient (Wildman–Crippen LogP) is 2.02. The zero-order valence-electron chi connectivity index (χ0n) is 10.4. The summed E-state index contributed by atoms with van der Waals surface area (Å²) < 4.78 is 10.3. The van der Waals surface area contributed by atoms with E-state index in [2.05, 4.69) is 0 Å². The lowest BCUT2D eigenvalue weighted by atomic mass is 10.0. The molecule has 0 atom stereocenters. The highest BCUT2D eigenvalue weighted by atomic mass is 16.5. The molecule has 94 valence electrons. The van der Waals surface area contributed by atoms with Gasteiger partial charge in [0, 0.05) is 6.42 Å². The third-order valence-corrected chi connectivity index (χ3v) is 2.57. The van der Waals surface area contributed by atoms with Crippen LogP contribution in [-0.4, -0.2) is 26.5 Å². The van der Waals surface area contributed by atoms with Gasteiger partial charge in [0.05, 0.1) is 19.8 Å². The number of unbranched alkanes of at least 4 members (excludes halogenated alkanes) is 1. The van der Waals surface area contributed by atoms with Crippen LogP contribution in [0.25, 0.3) is 0 Å². The number of carbonyl (C=O) groups excluding carboxylic acids is 1. The van der Waals surface area contributed by atoms with Crippen LogP contribution in [0.15, 0.2) is 18.2 Å². The van der Waals surface area contributed by atoms with Crippen molar-refractivity contribution < 1.29 is 14.3 Å². The van der Waals surface area contributed by atoms with Gasteiger partial charge in [-0.1, -0.05) is 0 Å². The smallest absolute Gasteiger partial charge is 0.166 e. The third kappa shape index (κ3) is 3.75. The average molecular weight is 237 g/mol. The molecule has 0 fully saturated rings. The second-order valence-corrected chi connectivity index (χ2v) is 3.74. The first kappa shape index (κ1) is 13.5. The molecular weight excluding hydrogens is 218 g/mol. The number of Topliss-reactive ketones (excluding diaryl/α,β-unsaturated/α-hetero) is 1. The van der Waals surface area contributed by atoms with E-state index in [4.69, 9.17) is 15.2 Å². The lowest BCUT2D eigenvalue weighted by Gasteiger charge is -2.09. The van der Waals surface area contributed by atoms with Crippen LogP contribution in [0.3, 0.4) is 0 Å². The van der Waals surface area contributed by atoms with Crippen molar-refractivity contribution >= 4 is 5.78 Å². The molecule has 4 heteroatoms. The first-order valence-corrected chi connectivity index (χ1v) is 5.68. The third-order valence-electron chi connectivity index (χ3n) is 2.57. The monoisotopic (exact) mass is 237 g/mol. The van der Waals surface area contributed by atoms with Gasteiger partial charge in [-0.3, -0.25) is 4.79 Å². The van der Waals surface area contributed by atoms with E-state index in [0.717, 1.165) is 12.8 Å². The van der Waals surface area contributed by atoms with Gasteiger partial charge in [0.15, 0.2) is 5.78 Å². The van der Waals surface area contributed by atoms with E-state index in [1.54, 1.807) is 32.4 Å². The summed E-state index contributed by atoms with van der Waals surface area (Å²) in [4.78, 5) is 12.0. The number of ether oxygens (including phenoxy) is 2. The van der Waals surface area contributed by atoms with Crippen LogP contribution >= 0.6 is 0 Å². The van der Waals surface area contributed by atoms with E-state index in [9.17, 15) is 4.79 Å². The Labute approximate surface area is 102 Å². The summed E-state index contributed by atoms with van der Waals surface area (Å²) in [5.74, 6) is 1.31. The van der Waals surface area contributed by atoms with Gasteiger partial charge in [0.1, 0.15) is 11.5 Å². The Morgan fingerprint density at radius 1 is 1.24 bits per heavy atom. The minimum atomic E-state index is 0.0641. The van der Waals surface area contributed by atoms with Gasteiger partial charge in [-0.05, 0) is 37.6 Å². The molecule has 4 nitrogen and oxygen atoms in total. The second-order valence-electron chi connectivity index (χ2n) is 3.74. The van der Waals surface area contributed by atoms with E-state index in [-0.39, 0.29) is 5.78 Å². The normalized spacial score (nSPS) is 10.1. The SMILES string of the molecule is COc1ccc(OC)c(C(=O)CCCCN)c1. The van der Waals surface area contributed by atoms with Gasteiger partial charge in [-0.15, -0.1) is 0 Å². The molecule has 1 aromatic carbocycles. The minimum Gasteiger partial charge on any atom is -0.497 e. The van der Waals surface area contributed by atoms with Crippen LogP contribution in [0, 0.1) is 0 Å². The van der Waals surface area contributed by atoms with Crippen LogP contribution in [0.5, 0.6) is 11.5 Å². The van der Waals surface area contributed by atoms with E-state index >= 15 is 0 Å². The molecule has 0 aliphatic heterocycles. The van der Waals surface area contributed by atoms with Gasteiger partial charge in [-0.25, -0.2) is 0 Å². The maximum absolute atomic E-state index is 12.0. The van der Waals surface area contributed by atoms with Crippen molar-refractivity contribution in [2.24, 2.45) is 5.73 Å². The summed E-state index contributed by atoms with van der Waals surface area (Å²) in [7, 11) is 3.13. The Bertz CT molecular complexity index is 377. The Morgan fingerprint density at radius 3 is 2.59 bits per heavy atom. The maximum Gasteiger partial charge on any atom is 0.166 e. The molecule has 0 aromatic heterocycles. The molecule has 0 saturated heterocycles. The second kappa shape index (κ2) is 6.91. The Hall–Kier alpha value is -1.55. The Morgan fingerprint density at radius 2 is 2.00 bits per heavy atom. The number of nitrogens with two attached hydrogens (primary N) is 1. The number of ketones is 1. The molecule has 1 aromatic rings. The number of methoxy groups -OCH3 is 2. The summed E-state index contributed by atoms with van der Waals surface area (Å²) in [5, 5.41) is 0. The van der Waals surface area contributed by atoms with Crippen molar-refractivity contribution in [3.05, 3.63) is 23.8 Å². The summed E-state index contributed by atoms with van der Waals surface area (Å²) >= 11 is 0. The van der Waals surface area contributed by atoms with E-state index in [1.807, 2.05) is 0 Å². The Balaban J connectivity index is 2.82. The summed E-state index contributed by atoms with van der Waals surface area (Å²) in [6.45, 7) is 0.614. The number of hydrogen-bond acceptors (Lipinski definition) is 4. The molecule has 0 radical (unpaired) electrons. The molecule has 0 spiro atoms. The van der Waals surface area contributed by atoms with Gasteiger partial charge < -0.3 is 15.2 Å². The van der Waals surface area contributed by atoms with Gasteiger partial charge in [0.25, 0.3) is 0 Å². The largest absolute Gasteiger partial charge is 0.497 e. The Kier molecular flexibility index (Phi) is 5.49. The zero-order valence-corrected chi connectivity index (χ0v) is 10.4. The molecule has 17 heavy (non-hydrogen) atoms. The average Bonchev–Trinajstić information content (AvgIpc) is 2.38. The summed E-state index contributed by atoms with van der Waals surface area (Å²) in [6.07, 6.45) is 2.15. The molecule has 0 aliphatic rings. The van der Waals surface area contributed by atoms with Crippen molar-refractivity contribution in [2.75, 3.05) is 20.8 Å². The molecule has 1 rings (SSSR count). The van der Waals surface area contributed by atoms with Gasteiger partial charge in [0.2, 0.25) is 0 Å². The van der Waals surface area contributed by atoms with Crippen LogP contribution in [0.2, 0.25) is 0 Å². The molecule has 0 unspecified atom stereocenters. The van der Waals surface area contributed by atoms with E-state index in [0.29, 0.717) is 30.0 Å². The highest BCUT2D eigenvalue weighted by Crippen LogP contribution is 2.25. The fraction of sp³-hybridized carbons (Fsp3) is 0.462. The first-order valence-electron chi connectivity index (χ1n) is 5.68. The standard InChI is InChI=1S/C13H19NO3/c1-16-10-6-7-13(17-2)11(9-10)12(15)5-3-4-8-14/h6-7,9H,3-5,8,14H2,1-2H3. The van der Waals surface area contributed by atoms with E-state index in [1.165, 1.54) is 0 Å². The van der Waals surface area contributed by atoms with Crippen molar-refractivity contribution in [2.45, 2.75) is 19.3 Å². The van der Waals surface area contributed by atoms with Crippen molar-refractivity contribution in [1.29, 1.82) is 0 Å². The zero-order chi connectivity index (χ0) is 12.7. The molecule has 0 amide bonds. The first-order chi connectivity index (χ1) is 8.22. The van der Waals surface area contributed by atoms with Gasteiger partial charge in [-0.2, -0.15) is 0 Å². The summed E-state index contributed by atoms with van der Waals surface area (Å²) in [5.41, 5.74) is 5.97. The molecular formula is C13H19NO3. The van der Waals surface area contributed by atoms with Gasteiger partial charge >= 0.3 is 0 Å². The molecule has 0 heterocycles. The predicted molar refractivity (Wildman–Crippen MR) is 66.8 cm³/mol. The van der Waals surface area contributed by atoms with Crippen LogP contribution in [0.4, 0.5) is 0 Å². The quantitative estimate of drug-likeness (QED) is 0.582. The van der Waals surface area contributed by atoms with E-state index < -0.39 is 0 Å². The molecule has 0 aliphatic carbocycles. The van der Waals surface area contributed by atoms with Crippen LogP contribution in [-0.2, 0) is 0 Å². The van der Waals surface area contributed by atoms with Crippen molar-refractivity contribution in [3.8, 4) is 11.5 Å². The number of benzene rings is 1. The van der Waals surface area contributed by atoms with Crippen molar-refractivity contribution in [1.82, 2.24) is 0 Å². The minimum absolute atomic E-state index is 0.0641. The van der Waals surface area contributed by atoms with Crippen molar-refractivity contribution in [3.63, 3.8) is 0 Å². The van der Waals surface area contributed by atoms with Crippen LogP contribution < -0.4 is 15.2 Å². The topological polar surface area (TPSA) is 61.5 Å². The molecule has 0 saturated carbocycles. The molecule has 2 N–H and O–H groups in total. The van der Waals surface area contributed by atoms with Crippen LogP contribution in [0.1, 0.15) is 29.6 Å². The highest BCUT2D eigenvalue weighted by Gasteiger charge is 2.12. The maximum atomic E-state index is 12.0. The number of carbonyl (C=O) groups is 1.